The Balaban J connectivity index is 2.12. The summed E-state index contributed by atoms with van der Waals surface area (Å²) in [6, 6.07) is 4.51. The van der Waals surface area contributed by atoms with Gasteiger partial charge in [0.25, 0.3) is 11.8 Å². The van der Waals surface area contributed by atoms with Gasteiger partial charge in [-0.25, -0.2) is 23.5 Å². The first-order chi connectivity index (χ1) is 16.2. The molecule has 178 valence electrons. The number of primary sulfonamides is 1. The number of alkyl halides is 2. The minimum absolute atomic E-state index is 0.170. The van der Waals surface area contributed by atoms with E-state index >= 15 is 0 Å². The number of ether oxygens (including phenoxy) is 3. The monoisotopic (exact) mass is 512 g/mol. The number of benzene rings is 1. The van der Waals surface area contributed by atoms with Crippen LogP contribution >= 0.6 is 11.6 Å². The Hall–Kier alpha value is -3.62. The van der Waals surface area contributed by atoms with Crippen molar-refractivity contribution in [2.45, 2.75) is 11.5 Å². The second kappa shape index (κ2) is 8.96. The van der Waals surface area contributed by atoms with E-state index in [0.29, 0.717) is 0 Å². The molecule has 0 aliphatic rings. The number of aromatic nitrogens is 5. The molecule has 0 unspecified atom stereocenters. The van der Waals surface area contributed by atoms with Gasteiger partial charge in [-0.15, -0.1) is 0 Å². The number of hydrogen-bond donors (Lipinski definition) is 1. The summed E-state index contributed by atoms with van der Waals surface area (Å²) in [5, 5.41) is 5.79. The zero-order chi connectivity index (χ0) is 24.6. The second-order valence-electron chi connectivity index (χ2n) is 6.55. The molecule has 0 fully saturated rings. The van der Waals surface area contributed by atoms with Crippen LogP contribution in [0.15, 0.2) is 41.7 Å². The third-order valence-electron chi connectivity index (χ3n) is 4.58. The summed E-state index contributed by atoms with van der Waals surface area (Å²) in [7, 11) is -1.88. The molecule has 1 aromatic carbocycles. The molecule has 0 saturated heterocycles. The van der Waals surface area contributed by atoms with Crippen LogP contribution in [-0.2, 0) is 10.0 Å². The van der Waals surface area contributed by atoms with Crippen LogP contribution in [0, 0.1) is 0 Å². The highest BCUT2D eigenvalue weighted by Gasteiger charge is 2.27. The highest BCUT2D eigenvalue weighted by atomic mass is 35.5. The summed E-state index contributed by atoms with van der Waals surface area (Å²) in [5.41, 5.74) is 0.443. The van der Waals surface area contributed by atoms with E-state index in [9.17, 15) is 17.2 Å². The standard InChI is InChI=1S/C19H15ClF2N6O5S/c1-31-16-14(33-18(21)22)17(32-2)27-19(26-16)28-8-11(34(23,29)30)9-4-5-10(20)12(13(9)28)15-24-6-3-7-25-15/h3-8,18H,1-2H3,(H2,23,29,30). The molecule has 0 atom stereocenters. The normalized spacial score (nSPS) is 11.7. The molecule has 0 bridgehead atoms. The second-order valence-corrected chi connectivity index (χ2v) is 8.49. The maximum atomic E-state index is 12.9. The fourth-order valence-electron chi connectivity index (χ4n) is 3.27. The molecular formula is C19H15ClF2N6O5S. The largest absolute Gasteiger partial charge is 0.478 e. The van der Waals surface area contributed by atoms with Gasteiger partial charge in [0.15, 0.2) is 5.82 Å². The van der Waals surface area contributed by atoms with E-state index in [4.69, 9.17) is 26.2 Å². The molecule has 0 spiro atoms. The van der Waals surface area contributed by atoms with Crippen LogP contribution < -0.4 is 19.3 Å². The van der Waals surface area contributed by atoms with Crippen LogP contribution in [-0.4, -0.2) is 53.8 Å². The molecule has 3 aromatic heterocycles. The van der Waals surface area contributed by atoms with Gasteiger partial charge in [0.2, 0.25) is 21.7 Å². The Kier molecular flexibility index (Phi) is 6.20. The molecular weight excluding hydrogens is 498 g/mol. The number of fused-ring (bicyclic) bond motifs is 1. The van der Waals surface area contributed by atoms with Gasteiger partial charge < -0.3 is 14.2 Å². The molecule has 0 aliphatic heterocycles. The Morgan fingerprint density at radius 2 is 1.71 bits per heavy atom. The van der Waals surface area contributed by atoms with Gasteiger partial charge in [-0.1, -0.05) is 11.6 Å². The van der Waals surface area contributed by atoms with Gasteiger partial charge in [-0.3, -0.25) is 4.57 Å². The maximum Gasteiger partial charge on any atom is 0.387 e. The lowest BCUT2D eigenvalue weighted by atomic mass is 10.1. The highest BCUT2D eigenvalue weighted by Crippen LogP contribution is 2.40. The van der Waals surface area contributed by atoms with Gasteiger partial charge in [0, 0.05) is 24.0 Å². The molecule has 4 rings (SSSR count). The molecule has 0 aliphatic carbocycles. The van der Waals surface area contributed by atoms with Crippen molar-refractivity contribution in [3.63, 3.8) is 0 Å². The van der Waals surface area contributed by atoms with E-state index in [1.165, 1.54) is 43.3 Å². The van der Waals surface area contributed by atoms with Gasteiger partial charge in [0.05, 0.1) is 30.3 Å². The fraction of sp³-hybridized carbons (Fsp3) is 0.158. The van der Waals surface area contributed by atoms with Crippen LogP contribution in [0.1, 0.15) is 0 Å². The number of halogens is 3. The molecule has 0 radical (unpaired) electrons. The number of nitrogens with two attached hydrogens (primary N) is 1. The predicted octanol–water partition coefficient (Wildman–Crippen LogP) is 2.80. The lowest BCUT2D eigenvalue weighted by Gasteiger charge is -2.15. The number of nitrogens with zero attached hydrogens (tertiary/aromatic N) is 5. The number of hydrogen-bond acceptors (Lipinski definition) is 9. The van der Waals surface area contributed by atoms with E-state index in [0.717, 1.165) is 6.20 Å². The van der Waals surface area contributed by atoms with Crippen LogP contribution in [0.4, 0.5) is 8.78 Å². The number of sulfonamides is 1. The average molecular weight is 513 g/mol. The lowest BCUT2D eigenvalue weighted by Crippen LogP contribution is -2.12. The Morgan fingerprint density at radius 1 is 1.09 bits per heavy atom. The van der Waals surface area contributed by atoms with Gasteiger partial charge in [0.1, 0.15) is 4.90 Å². The van der Waals surface area contributed by atoms with Crippen LogP contribution in [0.2, 0.25) is 5.02 Å². The van der Waals surface area contributed by atoms with Crippen molar-refractivity contribution in [2.75, 3.05) is 14.2 Å². The first kappa shape index (κ1) is 23.5. The Bertz CT molecular complexity index is 1460. The van der Waals surface area contributed by atoms with E-state index in [-0.39, 0.29) is 49.9 Å². The minimum Gasteiger partial charge on any atom is -0.478 e. The van der Waals surface area contributed by atoms with Crippen molar-refractivity contribution in [3.05, 3.63) is 41.8 Å². The van der Waals surface area contributed by atoms with Gasteiger partial charge in [-0.05, 0) is 18.2 Å². The number of rotatable bonds is 7. The van der Waals surface area contributed by atoms with Crippen molar-refractivity contribution in [1.82, 2.24) is 24.5 Å². The molecule has 3 heterocycles. The smallest absolute Gasteiger partial charge is 0.387 e. The van der Waals surface area contributed by atoms with Crippen LogP contribution in [0.5, 0.6) is 17.5 Å². The lowest BCUT2D eigenvalue weighted by molar-refractivity contribution is -0.0534. The Labute approximate surface area is 196 Å². The summed E-state index contributed by atoms with van der Waals surface area (Å²) < 4.78 is 66.3. The quantitative estimate of drug-likeness (QED) is 0.395. The minimum atomic E-state index is -4.23. The highest BCUT2D eigenvalue weighted by molar-refractivity contribution is 7.89. The zero-order valence-corrected chi connectivity index (χ0v) is 19.0. The SMILES string of the molecule is COc1nc(-n2cc(S(N)(=O)=O)c3ccc(Cl)c(-c4ncccn4)c32)nc(OC)c1OC(F)F. The summed E-state index contributed by atoms with van der Waals surface area (Å²) in [5.74, 6) is -1.36. The van der Waals surface area contributed by atoms with Gasteiger partial charge in [-0.2, -0.15) is 18.7 Å². The summed E-state index contributed by atoms with van der Waals surface area (Å²) >= 11 is 6.45. The number of methoxy groups -OCH3 is 2. The Morgan fingerprint density at radius 3 is 2.24 bits per heavy atom. The molecule has 4 aromatic rings. The third-order valence-corrected chi connectivity index (χ3v) is 5.83. The molecule has 15 heteroatoms. The third kappa shape index (κ3) is 4.18. The summed E-state index contributed by atoms with van der Waals surface area (Å²) in [4.78, 5) is 16.3. The molecule has 2 N–H and O–H groups in total. The first-order valence-corrected chi connectivity index (χ1v) is 11.2. The molecule has 0 amide bonds. The predicted molar refractivity (Wildman–Crippen MR) is 116 cm³/mol. The van der Waals surface area contributed by atoms with Crippen molar-refractivity contribution in [1.29, 1.82) is 0 Å². The van der Waals surface area contributed by atoms with Crippen molar-refractivity contribution >= 4 is 32.5 Å². The van der Waals surface area contributed by atoms with E-state index in [1.54, 1.807) is 6.07 Å². The first-order valence-electron chi connectivity index (χ1n) is 9.24. The average Bonchev–Trinajstić information content (AvgIpc) is 3.19. The topological polar surface area (TPSA) is 144 Å². The zero-order valence-electron chi connectivity index (χ0n) is 17.4. The van der Waals surface area contributed by atoms with E-state index < -0.39 is 22.4 Å². The van der Waals surface area contributed by atoms with Crippen molar-refractivity contribution < 1.29 is 31.4 Å². The van der Waals surface area contributed by atoms with E-state index in [2.05, 4.69) is 24.7 Å². The van der Waals surface area contributed by atoms with Gasteiger partial charge >= 0.3 is 6.61 Å². The fourth-order valence-corrected chi connectivity index (χ4v) is 4.23. The molecule has 34 heavy (non-hydrogen) atoms. The van der Waals surface area contributed by atoms with E-state index in [1.807, 2.05) is 0 Å². The maximum absolute atomic E-state index is 12.9. The van der Waals surface area contributed by atoms with Crippen LogP contribution in [0.25, 0.3) is 28.2 Å². The summed E-state index contributed by atoms with van der Waals surface area (Å²) in [6.45, 7) is -3.21. The van der Waals surface area contributed by atoms with Crippen LogP contribution in [0.3, 0.4) is 0 Å². The molecule has 0 saturated carbocycles. The van der Waals surface area contributed by atoms with Crippen molar-refractivity contribution in [3.8, 4) is 34.8 Å². The summed E-state index contributed by atoms with van der Waals surface area (Å²) in [6.07, 6.45) is 4.11. The van der Waals surface area contributed by atoms with Crippen molar-refractivity contribution in [2.24, 2.45) is 5.14 Å². The molecule has 11 nitrogen and oxygen atoms in total.